The van der Waals surface area contributed by atoms with Crippen LogP contribution in [0.3, 0.4) is 0 Å². The van der Waals surface area contributed by atoms with Gasteiger partial charge in [0.05, 0.1) is 6.42 Å². The van der Waals surface area contributed by atoms with Gasteiger partial charge in [-0.1, -0.05) is 27.7 Å². The Bertz CT molecular complexity index is 384. The number of aryl methyl sites for hydroxylation is 1. The van der Waals surface area contributed by atoms with Crippen LogP contribution in [0.4, 0.5) is 5.13 Å². The number of nitrogens with zero attached hydrogens (tertiary/aromatic N) is 2. The summed E-state index contributed by atoms with van der Waals surface area (Å²) in [6.07, 6.45) is 0.863. The van der Waals surface area contributed by atoms with Crippen molar-refractivity contribution in [2.45, 2.75) is 46.6 Å². The third-order valence-corrected chi connectivity index (χ3v) is 3.19. The Labute approximate surface area is 105 Å². The molecule has 2 N–H and O–H groups in total. The van der Waals surface area contributed by atoms with Crippen molar-refractivity contribution in [2.24, 2.45) is 5.41 Å². The first-order valence-corrected chi connectivity index (χ1v) is 6.41. The molecule has 1 atom stereocenters. The molecule has 5 nitrogen and oxygen atoms in total. The maximum absolute atomic E-state index is 10.8. The van der Waals surface area contributed by atoms with Gasteiger partial charge in [-0.25, -0.2) is 4.98 Å². The van der Waals surface area contributed by atoms with E-state index in [0.717, 1.165) is 12.2 Å². The van der Waals surface area contributed by atoms with Gasteiger partial charge >= 0.3 is 5.97 Å². The summed E-state index contributed by atoms with van der Waals surface area (Å²) in [7, 11) is 0. The fraction of sp³-hybridized carbons (Fsp3) is 0.727. The fourth-order valence-electron chi connectivity index (χ4n) is 1.35. The van der Waals surface area contributed by atoms with Crippen LogP contribution in [-0.2, 0) is 11.2 Å². The zero-order valence-electron chi connectivity index (χ0n) is 10.6. The van der Waals surface area contributed by atoms with E-state index in [0.29, 0.717) is 5.13 Å². The van der Waals surface area contributed by atoms with E-state index in [1.54, 1.807) is 0 Å². The molecular weight excluding hydrogens is 238 g/mol. The number of rotatable bonds is 5. The minimum atomic E-state index is -0.808. The zero-order chi connectivity index (χ0) is 13.1. The van der Waals surface area contributed by atoms with Crippen LogP contribution in [0.5, 0.6) is 0 Å². The highest BCUT2D eigenvalue weighted by Crippen LogP contribution is 2.26. The van der Waals surface area contributed by atoms with E-state index in [1.165, 1.54) is 11.5 Å². The van der Waals surface area contributed by atoms with Crippen LogP contribution in [0.2, 0.25) is 0 Å². The largest absolute Gasteiger partial charge is 0.481 e. The van der Waals surface area contributed by atoms with E-state index in [-0.39, 0.29) is 17.9 Å². The lowest BCUT2D eigenvalue weighted by molar-refractivity contribution is -0.137. The second kappa shape index (κ2) is 5.44. The number of aromatic nitrogens is 2. The second-order valence-electron chi connectivity index (χ2n) is 5.03. The molecule has 0 saturated heterocycles. The first-order chi connectivity index (χ1) is 7.82. The summed E-state index contributed by atoms with van der Waals surface area (Å²) < 4.78 is 4.17. The van der Waals surface area contributed by atoms with E-state index >= 15 is 0 Å². The molecule has 6 heteroatoms. The number of carboxylic acid groups (broad SMARTS) is 1. The van der Waals surface area contributed by atoms with Gasteiger partial charge in [0.2, 0.25) is 5.13 Å². The van der Waals surface area contributed by atoms with Gasteiger partial charge in [-0.2, -0.15) is 4.37 Å². The number of aliphatic carboxylic acids is 1. The standard InChI is InChI=1S/C11H19N3O2S/c1-5-8-13-10(17-14-8)12-7(6-9(15)16)11(2,3)4/h7H,5-6H2,1-4H3,(H,15,16)(H,12,13,14). The van der Waals surface area contributed by atoms with Crippen LogP contribution in [-0.4, -0.2) is 26.5 Å². The van der Waals surface area contributed by atoms with Crippen LogP contribution in [0.15, 0.2) is 0 Å². The van der Waals surface area contributed by atoms with Crippen molar-refractivity contribution in [3.05, 3.63) is 5.82 Å². The fourth-order valence-corrected chi connectivity index (χ4v) is 2.06. The number of anilines is 1. The minimum absolute atomic E-state index is 0.0739. The van der Waals surface area contributed by atoms with E-state index in [2.05, 4.69) is 14.7 Å². The number of hydrogen-bond acceptors (Lipinski definition) is 5. The number of nitrogens with one attached hydrogen (secondary N) is 1. The Balaban J connectivity index is 2.75. The van der Waals surface area contributed by atoms with E-state index in [4.69, 9.17) is 5.11 Å². The van der Waals surface area contributed by atoms with Gasteiger partial charge in [-0.15, -0.1) is 0 Å². The minimum Gasteiger partial charge on any atom is -0.481 e. The lowest BCUT2D eigenvalue weighted by Crippen LogP contribution is -2.36. The molecule has 0 bridgehead atoms. The monoisotopic (exact) mass is 257 g/mol. The van der Waals surface area contributed by atoms with Crippen LogP contribution in [0.25, 0.3) is 0 Å². The van der Waals surface area contributed by atoms with Crippen molar-refractivity contribution < 1.29 is 9.90 Å². The number of carbonyl (C=O) groups is 1. The summed E-state index contributed by atoms with van der Waals surface area (Å²) in [6.45, 7) is 8.02. The van der Waals surface area contributed by atoms with E-state index in [1.807, 2.05) is 27.7 Å². The second-order valence-corrected chi connectivity index (χ2v) is 5.78. The van der Waals surface area contributed by atoms with Crippen molar-refractivity contribution in [1.29, 1.82) is 0 Å². The molecule has 1 unspecified atom stereocenters. The van der Waals surface area contributed by atoms with Crippen molar-refractivity contribution in [1.82, 2.24) is 9.36 Å². The highest BCUT2D eigenvalue weighted by atomic mass is 32.1. The smallest absolute Gasteiger partial charge is 0.305 e. The molecule has 1 aromatic heterocycles. The molecule has 96 valence electrons. The first-order valence-electron chi connectivity index (χ1n) is 5.64. The number of carboxylic acids is 1. The Morgan fingerprint density at radius 1 is 1.53 bits per heavy atom. The maximum atomic E-state index is 10.8. The molecule has 1 rings (SSSR count). The Morgan fingerprint density at radius 3 is 2.59 bits per heavy atom. The average Bonchev–Trinajstić information content (AvgIpc) is 2.62. The molecule has 0 radical (unpaired) electrons. The van der Waals surface area contributed by atoms with Gasteiger partial charge in [-0.05, 0) is 5.41 Å². The highest BCUT2D eigenvalue weighted by Gasteiger charge is 2.27. The van der Waals surface area contributed by atoms with Crippen molar-refractivity contribution in [2.75, 3.05) is 5.32 Å². The molecule has 0 saturated carbocycles. The van der Waals surface area contributed by atoms with Gasteiger partial charge in [-0.3, -0.25) is 4.79 Å². The molecule has 17 heavy (non-hydrogen) atoms. The molecule has 0 aromatic carbocycles. The molecule has 0 aliphatic rings. The lowest BCUT2D eigenvalue weighted by Gasteiger charge is -2.29. The summed E-state index contributed by atoms with van der Waals surface area (Å²) in [5, 5.41) is 12.8. The quantitative estimate of drug-likeness (QED) is 0.847. The van der Waals surface area contributed by atoms with Crippen LogP contribution < -0.4 is 5.32 Å². The van der Waals surface area contributed by atoms with Crippen molar-refractivity contribution in [3.63, 3.8) is 0 Å². The summed E-state index contributed by atoms with van der Waals surface area (Å²) in [6, 6.07) is -0.155. The molecule has 0 amide bonds. The Kier molecular flexibility index (Phi) is 4.45. The van der Waals surface area contributed by atoms with E-state index in [9.17, 15) is 4.79 Å². The van der Waals surface area contributed by atoms with Gasteiger partial charge in [0.25, 0.3) is 0 Å². The van der Waals surface area contributed by atoms with Crippen molar-refractivity contribution >= 4 is 22.6 Å². The SMILES string of the molecule is CCc1nsc(NC(CC(=O)O)C(C)(C)C)n1. The third-order valence-electron chi connectivity index (χ3n) is 2.51. The normalized spacial score (nSPS) is 13.4. The van der Waals surface area contributed by atoms with E-state index < -0.39 is 5.97 Å². The summed E-state index contributed by atoms with van der Waals surface area (Å²) >= 11 is 1.28. The van der Waals surface area contributed by atoms with Crippen LogP contribution >= 0.6 is 11.5 Å². The molecule has 0 spiro atoms. The molecule has 0 aliphatic carbocycles. The maximum Gasteiger partial charge on any atom is 0.305 e. The number of hydrogen-bond donors (Lipinski definition) is 2. The van der Waals surface area contributed by atoms with Crippen molar-refractivity contribution in [3.8, 4) is 0 Å². The predicted molar refractivity (Wildman–Crippen MR) is 68.4 cm³/mol. The summed E-state index contributed by atoms with van der Waals surface area (Å²) in [4.78, 5) is 15.1. The zero-order valence-corrected chi connectivity index (χ0v) is 11.5. The lowest BCUT2D eigenvalue weighted by atomic mass is 9.85. The molecule has 0 fully saturated rings. The van der Waals surface area contributed by atoms with Gasteiger partial charge in [0.15, 0.2) is 0 Å². The predicted octanol–water partition coefficient (Wildman–Crippen LogP) is 2.40. The average molecular weight is 257 g/mol. The Morgan fingerprint density at radius 2 is 2.18 bits per heavy atom. The topological polar surface area (TPSA) is 75.1 Å². The summed E-state index contributed by atoms with van der Waals surface area (Å²) in [5.41, 5.74) is -0.142. The summed E-state index contributed by atoms with van der Waals surface area (Å²) in [5.74, 6) is -0.0156. The molecular formula is C11H19N3O2S. The van der Waals surface area contributed by atoms with Crippen LogP contribution in [0.1, 0.15) is 39.9 Å². The highest BCUT2D eigenvalue weighted by molar-refractivity contribution is 7.09. The third kappa shape index (κ3) is 4.30. The molecule has 0 aliphatic heterocycles. The Hall–Kier alpha value is -1.17. The first kappa shape index (κ1) is 13.9. The molecule has 1 aromatic rings. The molecule has 1 heterocycles. The van der Waals surface area contributed by atoms with Gasteiger partial charge < -0.3 is 10.4 Å². The van der Waals surface area contributed by atoms with Crippen LogP contribution in [0, 0.1) is 5.41 Å². The van der Waals surface area contributed by atoms with Gasteiger partial charge in [0.1, 0.15) is 5.82 Å². The van der Waals surface area contributed by atoms with Gasteiger partial charge in [0, 0.05) is 24.0 Å².